The number of nitrogens with one attached hydrogen (secondary N) is 2. The van der Waals surface area contributed by atoms with Gasteiger partial charge >= 0.3 is 0 Å². The van der Waals surface area contributed by atoms with Crippen LogP contribution in [0.4, 0.5) is 0 Å². The molecule has 6 nitrogen and oxygen atoms in total. The van der Waals surface area contributed by atoms with Crippen molar-refractivity contribution in [1.29, 1.82) is 0 Å². The molecular formula is C14H26N2O4. The van der Waals surface area contributed by atoms with Crippen LogP contribution < -0.4 is 10.6 Å². The molecule has 1 saturated carbocycles. The molecule has 1 aliphatic carbocycles. The molecule has 0 radical (unpaired) electrons. The number of aliphatic hydroxyl groups is 3. The summed E-state index contributed by atoms with van der Waals surface area (Å²) in [5.41, 5.74) is 0. The molecule has 20 heavy (non-hydrogen) atoms. The van der Waals surface area contributed by atoms with E-state index >= 15 is 0 Å². The SMILES string of the molecule is O=C(CC1CCCCC1)NC[C@H]1N[C@H](CO)[C@@H](O)[C@@H]1O. The van der Waals surface area contributed by atoms with Crippen LogP contribution >= 0.6 is 0 Å². The topological polar surface area (TPSA) is 102 Å². The molecule has 0 aromatic rings. The number of carbonyl (C=O) groups excluding carboxylic acids is 1. The van der Waals surface area contributed by atoms with E-state index in [1.165, 1.54) is 19.3 Å². The monoisotopic (exact) mass is 286 g/mol. The minimum Gasteiger partial charge on any atom is -0.395 e. The van der Waals surface area contributed by atoms with Crippen LogP contribution in [0.1, 0.15) is 38.5 Å². The molecular weight excluding hydrogens is 260 g/mol. The van der Waals surface area contributed by atoms with Crippen LogP contribution in [0.5, 0.6) is 0 Å². The van der Waals surface area contributed by atoms with E-state index in [4.69, 9.17) is 5.11 Å². The number of rotatable bonds is 5. The fourth-order valence-electron chi connectivity index (χ4n) is 3.24. The zero-order chi connectivity index (χ0) is 14.5. The van der Waals surface area contributed by atoms with Crippen LogP contribution in [0.3, 0.4) is 0 Å². The predicted molar refractivity (Wildman–Crippen MR) is 74.0 cm³/mol. The van der Waals surface area contributed by atoms with Gasteiger partial charge in [0.15, 0.2) is 0 Å². The van der Waals surface area contributed by atoms with Gasteiger partial charge in [0.1, 0.15) is 0 Å². The summed E-state index contributed by atoms with van der Waals surface area (Å²) in [6.07, 6.45) is 4.57. The molecule has 1 aliphatic heterocycles. The van der Waals surface area contributed by atoms with Gasteiger partial charge in [-0.15, -0.1) is 0 Å². The molecule has 5 N–H and O–H groups in total. The van der Waals surface area contributed by atoms with E-state index in [-0.39, 0.29) is 19.1 Å². The van der Waals surface area contributed by atoms with Crippen molar-refractivity contribution in [1.82, 2.24) is 10.6 Å². The third-order valence-electron chi connectivity index (χ3n) is 4.52. The van der Waals surface area contributed by atoms with Crippen LogP contribution in [-0.2, 0) is 4.79 Å². The lowest BCUT2D eigenvalue weighted by molar-refractivity contribution is -0.122. The highest BCUT2D eigenvalue weighted by Gasteiger charge is 2.40. The lowest BCUT2D eigenvalue weighted by Crippen LogP contribution is -2.44. The minimum absolute atomic E-state index is 0.00726. The lowest BCUT2D eigenvalue weighted by Gasteiger charge is -2.22. The van der Waals surface area contributed by atoms with E-state index in [0.717, 1.165) is 12.8 Å². The molecule has 2 fully saturated rings. The summed E-state index contributed by atoms with van der Waals surface area (Å²) in [4.78, 5) is 11.9. The maximum atomic E-state index is 11.9. The van der Waals surface area contributed by atoms with E-state index in [9.17, 15) is 15.0 Å². The Bertz CT molecular complexity index is 320. The Kier molecular flexibility index (Phi) is 5.77. The van der Waals surface area contributed by atoms with E-state index in [1.807, 2.05) is 0 Å². The highest BCUT2D eigenvalue weighted by atomic mass is 16.3. The second-order valence-corrected chi connectivity index (χ2v) is 6.06. The van der Waals surface area contributed by atoms with E-state index in [0.29, 0.717) is 12.3 Å². The number of hydrogen-bond donors (Lipinski definition) is 5. The fourth-order valence-corrected chi connectivity index (χ4v) is 3.24. The molecule has 2 aliphatic rings. The molecule has 1 heterocycles. The van der Waals surface area contributed by atoms with Gasteiger partial charge in [-0.2, -0.15) is 0 Å². The Morgan fingerprint density at radius 1 is 1.10 bits per heavy atom. The Hall–Kier alpha value is -0.690. The lowest BCUT2D eigenvalue weighted by atomic mass is 9.87. The summed E-state index contributed by atoms with van der Waals surface area (Å²) in [6.45, 7) is 0.0467. The normalized spacial score (nSPS) is 35.1. The highest BCUT2D eigenvalue weighted by molar-refractivity contribution is 5.76. The molecule has 2 rings (SSSR count). The van der Waals surface area contributed by atoms with Gasteiger partial charge < -0.3 is 26.0 Å². The zero-order valence-corrected chi connectivity index (χ0v) is 11.8. The van der Waals surface area contributed by atoms with Crippen molar-refractivity contribution < 1.29 is 20.1 Å². The van der Waals surface area contributed by atoms with Crippen molar-refractivity contribution >= 4 is 5.91 Å². The second kappa shape index (κ2) is 7.36. The van der Waals surface area contributed by atoms with Crippen molar-refractivity contribution in [2.24, 2.45) is 5.92 Å². The standard InChI is InChI=1S/C14H26N2O4/c17-8-11-14(20)13(19)10(16-11)7-15-12(18)6-9-4-2-1-3-5-9/h9-11,13-14,16-17,19-20H,1-8H2,(H,15,18)/t10-,11-,13-,14-/m1/s1. The molecule has 6 heteroatoms. The molecule has 0 aromatic carbocycles. The van der Waals surface area contributed by atoms with Crippen molar-refractivity contribution in [2.45, 2.75) is 62.8 Å². The predicted octanol–water partition coefficient (Wildman–Crippen LogP) is -0.872. The maximum absolute atomic E-state index is 11.9. The van der Waals surface area contributed by atoms with E-state index < -0.39 is 24.3 Å². The first kappa shape index (κ1) is 15.7. The van der Waals surface area contributed by atoms with Gasteiger partial charge in [0, 0.05) is 13.0 Å². The average Bonchev–Trinajstić information content (AvgIpc) is 2.73. The highest BCUT2D eigenvalue weighted by Crippen LogP contribution is 2.26. The minimum atomic E-state index is -0.986. The first-order valence-electron chi connectivity index (χ1n) is 7.61. The largest absolute Gasteiger partial charge is 0.395 e. The third kappa shape index (κ3) is 3.91. The second-order valence-electron chi connectivity index (χ2n) is 6.06. The smallest absolute Gasteiger partial charge is 0.220 e. The first-order valence-corrected chi connectivity index (χ1v) is 7.61. The molecule has 0 unspecified atom stereocenters. The number of amides is 1. The van der Waals surface area contributed by atoms with Crippen LogP contribution in [0, 0.1) is 5.92 Å². The molecule has 0 spiro atoms. The summed E-state index contributed by atoms with van der Waals surface area (Å²) in [6, 6.07) is -0.928. The summed E-state index contributed by atoms with van der Waals surface area (Å²) in [5, 5.41) is 34.3. The molecule has 0 aromatic heterocycles. The van der Waals surface area contributed by atoms with Gasteiger partial charge in [-0.1, -0.05) is 19.3 Å². The van der Waals surface area contributed by atoms with Crippen molar-refractivity contribution in [3.05, 3.63) is 0 Å². The number of aliphatic hydroxyl groups excluding tert-OH is 3. The first-order chi connectivity index (χ1) is 9.61. The van der Waals surface area contributed by atoms with Gasteiger partial charge in [0.2, 0.25) is 5.91 Å². The van der Waals surface area contributed by atoms with Crippen LogP contribution in [0.2, 0.25) is 0 Å². The fraction of sp³-hybridized carbons (Fsp3) is 0.929. The quantitative estimate of drug-likeness (QED) is 0.452. The number of hydrogen-bond acceptors (Lipinski definition) is 5. The van der Waals surface area contributed by atoms with Crippen molar-refractivity contribution in [2.75, 3.05) is 13.2 Å². The molecule has 1 amide bonds. The molecule has 1 saturated heterocycles. The summed E-state index contributed by atoms with van der Waals surface area (Å²) in [5.74, 6) is 0.494. The van der Waals surface area contributed by atoms with Gasteiger partial charge in [-0.3, -0.25) is 4.79 Å². The Labute approximate surface area is 119 Å². The van der Waals surface area contributed by atoms with E-state index in [2.05, 4.69) is 10.6 Å². The van der Waals surface area contributed by atoms with Crippen molar-refractivity contribution in [3.63, 3.8) is 0 Å². The summed E-state index contributed by atoms with van der Waals surface area (Å²) < 4.78 is 0. The number of carbonyl (C=O) groups is 1. The van der Waals surface area contributed by atoms with Gasteiger partial charge in [-0.05, 0) is 18.8 Å². The van der Waals surface area contributed by atoms with Gasteiger partial charge in [-0.25, -0.2) is 0 Å². The van der Waals surface area contributed by atoms with Crippen molar-refractivity contribution in [3.8, 4) is 0 Å². The molecule has 4 atom stereocenters. The Morgan fingerprint density at radius 2 is 1.75 bits per heavy atom. The Balaban J connectivity index is 1.70. The molecule has 0 bridgehead atoms. The van der Waals surface area contributed by atoms with Gasteiger partial charge in [0.25, 0.3) is 0 Å². The zero-order valence-electron chi connectivity index (χ0n) is 11.8. The summed E-state index contributed by atoms with van der Waals surface area (Å²) in [7, 11) is 0. The van der Waals surface area contributed by atoms with E-state index in [1.54, 1.807) is 0 Å². The summed E-state index contributed by atoms with van der Waals surface area (Å²) >= 11 is 0. The third-order valence-corrected chi connectivity index (χ3v) is 4.52. The van der Waals surface area contributed by atoms with Crippen LogP contribution in [-0.4, -0.2) is 58.7 Å². The molecule has 116 valence electrons. The average molecular weight is 286 g/mol. The maximum Gasteiger partial charge on any atom is 0.220 e. The van der Waals surface area contributed by atoms with Crippen LogP contribution in [0.25, 0.3) is 0 Å². The van der Waals surface area contributed by atoms with Crippen LogP contribution in [0.15, 0.2) is 0 Å². The Morgan fingerprint density at radius 3 is 2.35 bits per heavy atom. The van der Waals surface area contributed by atoms with Gasteiger partial charge in [0.05, 0.1) is 30.9 Å².